The molecule has 0 spiro atoms. The molecular formula is C23H32F4N4O. The zero-order valence-corrected chi connectivity index (χ0v) is 18.3. The molecule has 1 aromatic rings. The average molecular weight is 457 g/mol. The first kappa shape index (κ1) is 24.5. The molecule has 1 aliphatic heterocycles. The molecule has 2 aliphatic rings. The minimum atomic E-state index is -4.69. The van der Waals surface area contributed by atoms with Crippen LogP contribution in [0.1, 0.15) is 50.5 Å². The average Bonchev–Trinajstić information content (AvgIpc) is 2.77. The third-order valence-electron chi connectivity index (χ3n) is 6.58. The van der Waals surface area contributed by atoms with Crippen LogP contribution in [0.15, 0.2) is 18.2 Å². The fourth-order valence-corrected chi connectivity index (χ4v) is 4.66. The number of nitrogens with one attached hydrogen (secondary N) is 2. The lowest BCUT2D eigenvalue weighted by Gasteiger charge is -2.37. The summed E-state index contributed by atoms with van der Waals surface area (Å²) < 4.78 is 53.3. The lowest BCUT2D eigenvalue weighted by Crippen LogP contribution is -2.47. The Balaban J connectivity index is 1.39. The summed E-state index contributed by atoms with van der Waals surface area (Å²) >= 11 is 0. The van der Waals surface area contributed by atoms with Crippen LogP contribution in [-0.2, 0) is 11.0 Å². The van der Waals surface area contributed by atoms with Gasteiger partial charge in [0.25, 0.3) is 0 Å². The maximum atomic E-state index is 14.4. The zero-order valence-electron chi connectivity index (χ0n) is 18.3. The molecule has 32 heavy (non-hydrogen) atoms. The number of hydrogen-bond donors (Lipinski definition) is 2. The standard InChI is InChI=1S/C23H32F4N4O/c24-22-19(23(25,26)27)3-1-4-20(22)31-15-13-30(14-16-31)12-10-17-6-8-18(9-7-17)29-21(32)5-2-11-28/h1,3-4,11,17-18,28H,2,5-10,12-16H2,(H,29,32). The van der Waals surface area contributed by atoms with Gasteiger partial charge < -0.3 is 15.6 Å². The third kappa shape index (κ3) is 6.67. The van der Waals surface area contributed by atoms with Crippen LogP contribution in [0, 0.1) is 17.1 Å². The minimum absolute atomic E-state index is 0.0204. The molecule has 0 atom stereocenters. The van der Waals surface area contributed by atoms with E-state index in [0.29, 0.717) is 44.9 Å². The molecule has 1 aromatic carbocycles. The van der Waals surface area contributed by atoms with Crippen LogP contribution < -0.4 is 10.2 Å². The number of carbonyl (C=O) groups excluding carboxylic acids is 1. The molecule has 1 amide bonds. The molecule has 0 bridgehead atoms. The van der Waals surface area contributed by atoms with Crippen molar-refractivity contribution >= 4 is 17.8 Å². The number of halogens is 4. The van der Waals surface area contributed by atoms with Crippen molar-refractivity contribution in [2.24, 2.45) is 5.92 Å². The van der Waals surface area contributed by atoms with Gasteiger partial charge in [0.05, 0.1) is 11.3 Å². The predicted molar refractivity (Wildman–Crippen MR) is 117 cm³/mol. The van der Waals surface area contributed by atoms with Gasteiger partial charge in [-0.15, -0.1) is 0 Å². The van der Waals surface area contributed by atoms with E-state index in [1.54, 1.807) is 4.90 Å². The molecule has 0 aromatic heterocycles. The maximum absolute atomic E-state index is 14.4. The van der Waals surface area contributed by atoms with E-state index in [4.69, 9.17) is 5.41 Å². The van der Waals surface area contributed by atoms with Gasteiger partial charge in [-0.3, -0.25) is 9.69 Å². The monoisotopic (exact) mass is 456 g/mol. The number of amides is 1. The molecule has 0 radical (unpaired) electrons. The van der Waals surface area contributed by atoms with Crippen LogP contribution >= 0.6 is 0 Å². The quantitative estimate of drug-likeness (QED) is 0.449. The Morgan fingerprint density at radius 1 is 1.12 bits per heavy atom. The summed E-state index contributed by atoms with van der Waals surface area (Å²) in [5.74, 6) is -0.550. The fourth-order valence-electron chi connectivity index (χ4n) is 4.66. The largest absolute Gasteiger partial charge is 0.419 e. The minimum Gasteiger partial charge on any atom is -0.367 e. The maximum Gasteiger partial charge on any atom is 0.419 e. The summed E-state index contributed by atoms with van der Waals surface area (Å²) in [6.45, 7) is 3.35. The molecule has 5 nitrogen and oxygen atoms in total. The Morgan fingerprint density at radius 3 is 2.44 bits per heavy atom. The Bertz CT molecular complexity index is 770. The van der Waals surface area contributed by atoms with Gasteiger partial charge in [-0.05, 0) is 69.3 Å². The number of rotatable bonds is 8. The van der Waals surface area contributed by atoms with E-state index in [0.717, 1.165) is 44.7 Å². The van der Waals surface area contributed by atoms with E-state index in [1.807, 2.05) is 0 Å². The van der Waals surface area contributed by atoms with Crippen molar-refractivity contribution in [3.05, 3.63) is 29.6 Å². The Hall–Kier alpha value is -2.16. The Kier molecular flexibility index (Phi) is 8.51. The first-order chi connectivity index (χ1) is 15.3. The van der Waals surface area contributed by atoms with Gasteiger partial charge in [-0.2, -0.15) is 13.2 Å². The summed E-state index contributed by atoms with van der Waals surface area (Å²) in [6, 6.07) is 3.70. The number of nitrogens with zero attached hydrogens (tertiary/aromatic N) is 2. The summed E-state index contributed by atoms with van der Waals surface area (Å²) in [5, 5.41) is 10.1. The van der Waals surface area contributed by atoms with Gasteiger partial charge >= 0.3 is 6.18 Å². The van der Waals surface area contributed by atoms with Crippen LogP contribution in [0.5, 0.6) is 0 Å². The number of carbonyl (C=O) groups is 1. The fraction of sp³-hybridized carbons (Fsp3) is 0.652. The van der Waals surface area contributed by atoms with E-state index in [2.05, 4.69) is 10.2 Å². The second-order valence-electron chi connectivity index (χ2n) is 8.78. The Morgan fingerprint density at radius 2 is 1.81 bits per heavy atom. The van der Waals surface area contributed by atoms with Crippen LogP contribution in [0.25, 0.3) is 0 Å². The molecule has 1 saturated carbocycles. The summed E-state index contributed by atoms with van der Waals surface area (Å²) in [6.07, 6.45) is 2.58. The highest BCUT2D eigenvalue weighted by Gasteiger charge is 2.36. The number of alkyl halides is 3. The number of hydrogen-bond acceptors (Lipinski definition) is 4. The molecule has 3 rings (SSSR count). The van der Waals surface area contributed by atoms with Crippen molar-refractivity contribution in [3.63, 3.8) is 0 Å². The zero-order chi connectivity index (χ0) is 23.1. The summed E-state index contributed by atoms with van der Waals surface area (Å²) in [7, 11) is 0. The van der Waals surface area contributed by atoms with E-state index >= 15 is 0 Å². The second kappa shape index (κ2) is 11.1. The van der Waals surface area contributed by atoms with Crippen LogP contribution in [0.4, 0.5) is 23.2 Å². The molecule has 2 fully saturated rings. The van der Waals surface area contributed by atoms with Crippen molar-refractivity contribution in [1.82, 2.24) is 10.2 Å². The normalized spacial score (nSPS) is 22.6. The van der Waals surface area contributed by atoms with Gasteiger partial charge in [0.2, 0.25) is 5.91 Å². The molecule has 1 heterocycles. The van der Waals surface area contributed by atoms with Gasteiger partial charge in [0.1, 0.15) is 0 Å². The topological polar surface area (TPSA) is 59.4 Å². The van der Waals surface area contributed by atoms with Gasteiger partial charge in [-0.1, -0.05) is 6.07 Å². The SMILES string of the molecule is N=CCCC(=O)NC1CCC(CCN2CCN(c3cccc(C(F)(F)F)c3F)CC2)CC1. The smallest absolute Gasteiger partial charge is 0.367 e. The van der Waals surface area contributed by atoms with Crippen LogP contribution in [0.2, 0.25) is 0 Å². The molecule has 2 N–H and O–H groups in total. The van der Waals surface area contributed by atoms with Gasteiger partial charge in [0, 0.05) is 38.6 Å². The molecule has 178 valence electrons. The van der Waals surface area contributed by atoms with Crippen LogP contribution in [0.3, 0.4) is 0 Å². The van der Waals surface area contributed by atoms with Crippen molar-refractivity contribution in [2.75, 3.05) is 37.6 Å². The van der Waals surface area contributed by atoms with Crippen molar-refractivity contribution in [2.45, 2.75) is 57.2 Å². The predicted octanol–water partition coefficient (Wildman–Crippen LogP) is 4.46. The first-order valence-corrected chi connectivity index (χ1v) is 11.4. The highest BCUT2D eigenvalue weighted by Crippen LogP contribution is 2.35. The number of benzene rings is 1. The molecule has 1 saturated heterocycles. The molecular weight excluding hydrogens is 424 g/mol. The molecule has 9 heteroatoms. The lowest BCUT2D eigenvalue weighted by molar-refractivity contribution is -0.139. The van der Waals surface area contributed by atoms with Gasteiger partial charge in [-0.25, -0.2) is 4.39 Å². The summed E-state index contributed by atoms with van der Waals surface area (Å²) in [5.41, 5.74) is -1.18. The lowest BCUT2D eigenvalue weighted by atomic mass is 9.84. The van der Waals surface area contributed by atoms with E-state index in [9.17, 15) is 22.4 Å². The number of anilines is 1. The number of piperazine rings is 1. The van der Waals surface area contributed by atoms with Gasteiger partial charge in [0.15, 0.2) is 5.82 Å². The van der Waals surface area contributed by atoms with Crippen molar-refractivity contribution in [1.29, 1.82) is 5.41 Å². The highest BCUT2D eigenvalue weighted by molar-refractivity contribution is 5.78. The first-order valence-electron chi connectivity index (χ1n) is 11.4. The van der Waals surface area contributed by atoms with E-state index in [-0.39, 0.29) is 17.6 Å². The summed E-state index contributed by atoms with van der Waals surface area (Å²) in [4.78, 5) is 15.8. The molecule has 1 aliphatic carbocycles. The van der Waals surface area contributed by atoms with E-state index < -0.39 is 17.6 Å². The Labute approximate surface area is 186 Å². The van der Waals surface area contributed by atoms with Crippen molar-refractivity contribution < 1.29 is 22.4 Å². The highest BCUT2D eigenvalue weighted by atomic mass is 19.4. The van der Waals surface area contributed by atoms with Crippen molar-refractivity contribution in [3.8, 4) is 0 Å². The second-order valence-corrected chi connectivity index (χ2v) is 8.78. The third-order valence-corrected chi connectivity index (χ3v) is 6.58. The molecule has 0 unspecified atom stereocenters. The van der Waals surface area contributed by atoms with E-state index in [1.165, 1.54) is 18.3 Å². The van der Waals surface area contributed by atoms with Crippen LogP contribution in [-0.4, -0.2) is 55.8 Å².